The summed E-state index contributed by atoms with van der Waals surface area (Å²) in [5.41, 5.74) is 5.30. The lowest BCUT2D eigenvalue weighted by molar-refractivity contribution is -0.0101. The first-order valence-corrected chi connectivity index (χ1v) is 5.80. The van der Waals surface area contributed by atoms with Crippen molar-refractivity contribution in [3.05, 3.63) is 0 Å². The number of thiocarbonyl (C=S) groups is 1. The second-order valence-corrected chi connectivity index (χ2v) is 4.77. The minimum atomic E-state index is -0.0845. The molecule has 0 aromatic heterocycles. The predicted molar refractivity (Wildman–Crippen MR) is 67.2 cm³/mol. The third kappa shape index (κ3) is 10.1. The summed E-state index contributed by atoms with van der Waals surface area (Å²) in [6.45, 7) is 5.64. The molecule has 0 rings (SSSR count). The van der Waals surface area contributed by atoms with Gasteiger partial charge in [-0.15, -0.1) is 0 Å². The van der Waals surface area contributed by atoms with Gasteiger partial charge in [0.1, 0.15) is 0 Å². The Morgan fingerprint density at radius 2 is 1.93 bits per heavy atom. The Morgan fingerprint density at radius 1 is 1.27 bits per heavy atom. The zero-order valence-corrected chi connectivity index (χ0v) is 10.9. The van der Waals surface area contributed by atoms with Crippen LogP contribution < -0.4 is 5.73 Å². The summed E-state index contributed by atoms with van der Waals surface area (Å²) in [5.74, 6) is 0. The predicted octanol–water partition coefficient (Wildman–Crippen LogP) is 2.27. The van der Waals surface area contributed by atoms with Crippen LogP contribution in [0, 0.1) is 0 Å². The maximum Gasteiger partial charge on any atom is 0.0727 e. The first-order chi connectivity index (χ1) is 6.98. The quantitative estimate of drug-likeness (QED) is 0.490. The lowest BCUT2D eigenvalue weighted by atomic mass is 10.1. The van der Waals surface area contributed by atoms with Crippen molar-refractivity contribution < 1.29 is 9.47 Å². The van der Waals surface area contributed by atoms with Gasteiger partial charge in [0.2, 0.25) is 0 Å². The van der Waals surface area contributed by atoms with Crippen LogP contribution >= 0.6 is 12.2 Å². The van der Waals surface area contributed by atoms with E-state index in [2.05, 4.69) is 13.8 Å². The highest BCUT2D eigenvalue weighted by atomic mass is 32.1. The first kappa shape index (κ1) is 14.8. The van der Waals surface area contributed by atoms with Crippen molar-refractivity contribution in [1.82, 2.24) is 0 Å². The molecule has 0 aromatic carbocycles. The van der Waals surface area contributed by atoms with Gasteiger partial charge in [-0.1, -0.05) is 12.2 Å². The minimum Gasteiger partial charge on any atom is -0.393 e. The molecule has 0 unspecified atom stereocenters. The van der Waals surface area contributed by atoms with Gasteiger partial charge in [0.05, 0.1) is 10.6 Å². The lowest BCUT2D eigenvalue weighted by Crippen LogP contribution is -2.24. The summed E-state index contributed by atoms with van der Waals surface area (Å²) in [6, 6.07) is 0. The van der Waals surface area contributed by atoms with E-state index in [0.29, 0.717) is 4.99 Å². The average molecular weight is 233 g/mol. The zero-order chi connectivity index (χ0) is 11.7. The van der Waals surface area contributed by atoms with Crippen LogP contribution in [0.5, 0.6) is 0 Å². The molecule has 0 aromatic rings. The number of methoxy groups -OCH3 is 1. The van der Waals surface area contributed by atoms with E-state index < -0.39 is 0 Å². The van der Waals surface area contributed by atoms with Crippen molar-refractivity contribution >= 4 is 17.2 Å². The fourth-order valence-electron chi connectivity index (χ4n) is 1.03. The van der Waals surface area contributed by atoms with Gasteiger partial charge in [-0.2, -0.15) is 0 Å². The van der Waals surface area contributed by atoms with Crippen molar-refractivity contribution in [2.24, 2.45) is 5.73 Å². The van der Waals surface area contributed by atoms with E-state index in [0.717, 1.165) is 38.9 Å². The van der Waals surface area contributed by atoms with Gasteiger partial charge >= 0.3 is 0 Å². The monoisotopic (exact) mass is 233 g/mol. The highest BCUT2D eigenvalue weighted by Crippen LogP contribution is 2.12. The summed E-state index contributed by atoms with van der Waals surface area (Å²) >= 11 is 4.78. The first-order valence-electron chi connectivity index (χ1n) is 5.39. The number of rotatable bonds is 9. The number of hydrogen-bond donors (Lipinski definition) is 1. The molecule has 0 saturated carbocycles. The van der Waals surface area contributed by atoms with E-state index in [1.807, 2.05) is 0 Å². The SMILES string of the molecule is COC(C)(C)CCOCCCCC(N)=S. The molecule has 0 bridgehead atoms. The molecule has 90 valence electrons. The van der Waals surface area contributed by atoms with Gasteiger partial charge in [0.25, 0.3) is 0 Å². The van der Waals surface area contributed by atoms with Crippen LogP contribution in [0.2, 0.25) is 0 Å². The highest BCUT2D eigenvalue weighted by molar-refractivity contribution is 7.80. The normalized spacial score (nSPS) is 11.7. The molecule has 0 saturated heterocycles. The molecule has 2 N–H and O–H groups in total. The van der Waals surface area contributed by atoms with Crippen LogP contribution in [0.25, 0.3) is 0 Å². The van der Waals surface area contributed by atoms with E-state index in [1.165, 1.54) is 0 Å². The molecule has 0 aliphatic carbocycles. The summed E-state index contributed by atoms with van der Waals surface area (Å²) in [4.78, 5) is 0.593. The van der Waals surface area contributed by atoms with Crippen LogP contribution in [0.15, 0.2) is 0 Å². The summed E-state index contributed by atoms with van der Waals surface area (Å²) in [6.07, 6.45) is 3.77. The van der Waals surface area contributed by atoms with E-state index in [4.69, 9.17) is 27.4 Å². The molecule has 15 heavy (non-hydrogen) atoms. The van der Waals surface area contributed by atoms with Gasteiger partial charge in [-0.3, -0.25) is 0 Å². The molecule has 0 radical (unpaired) electrons. The van der Waals surface area contributed by atoms with Crippen molar-refractivity contribution in [1.29, 1.82) is 0 Å². The molecule has 4 heteroatoms. The number of hydrogen-bond acceptors (Lipinski definition) is 3. The van der Waals surface area contributed by atoms with E-state index >= 15 is 0 Å². The third-order valence-corrected chi connectivity index (χ3v) is 2.57. The molecule has 3 nitrogen and oxygen atoms in total. The van der Waals surface area contributed by atoms with Gasteiger partial charge in [0, 0.05) is 20.3 Å². The molecule has 0 heterocycles. The molecule has 0 aliphatic heterocycles. The van der Waals surface area contributed by atoms with E-state index in [1.54, 1.807) is 7.11 Å². The van der Waals surface area contributed by atoms with Crippen LogP contribution in [0.3, 0.4) is 0 Å². The third-order valence-electron chi connectivity index (χ3n) is 2.36. The molecule has 0 spiro atoms. The fraction of sp³-hybridized carbons (Fsp3) is 0.909. The molecule has 0 fully saturated rings. The molecule has 0 atom stereocenters. The van der Waals surface area contributed by atoms with Crippen molar-refractivity contribution in [2.45, 2.75) is 45.1 Å². The van der Waals surface area contributed by atoms with Gasteiger partial charge in [-0.05, 0) is 39.5 Å². The van der Waals surface area contributed by atoms with Crippen molar-refractivity contribution in [2.75, 3.05) is 20.3 Å². The maximum atomic E-state index is 5.49. The maximum absolute atomic E-state index is 5.49. The summed E-state index contributed by atoms with van der Waals surface area (Å²) in [5, 5.41) is 0. The zero-order valence-electron chi connectivity index (χ0n) is 10.0. The Labute approximate surface area is 98.3 Å². The Balaban J connectivity index is 3.22. The largest absolute Gasteiger partial charge is 0.393 e. The van der Waals surface area contributed by atoms with E-state index in [-0.39, 0.29) is 5.60 Å². The molecular weight excluding hydrogens is 210 g/mol. The average Bonchev–Trinajstić information content (AvgIpc) is 2.16. The van der Waals surface area contributed by atoms with Crippen LogP contribution in [0.4, 0.5) is 0 Å². The number of nitrogens with two attached hydrogens (primary N) is 1. The van der Waals surface area contributed by atoms with Gasteiger partial charge in [0.15, 0.2) is 0 Å². The summed E-state index contributed by atoms with van der Waals surface area (Å²) in [7, 11) is 1.72. The minimum absolute atomic E-state index is 0.0845. The van der Waals surface area contributed by atoms with Crippen molar-refractivity contribution in [3.63, 3.8) is 0 Å². The standard InChI is InChI=1S/C11H23NO2S/c1-11(2,13-3)7-9-14-8-5-4-6-10(12)15/h4-9H2,1-3H3,(H2,12,15). The Bertz CT molecular complexity index is 183. The van der Waals surface area contributed by atoms with Crippen LogP contribution in [0.1, 0.15) is 39.5 Å². The van der Waals surface area contributed by atoms with Gasteiger partial charge < -0.3 is 15.2 Å². The van der Waals surface area contributed by atoms with Crippen LogP contribution in [-0.2, 0) is 9.47 Å². The smallest absolute Gasteiger partial charge is 0.0727 e. The molecule has 0 amide bonds. The second kappa shape index (κ2) is 8.02. The molecule has 0 aliphatic rings. The highest BCUT2D eigenvalue weighted by Gasteiger charge is 2.15. The van der Waals surface area contributed by atoms with E-state index in [9.17, 15) is 0 Å². The Kier molecular flexibility index (Phi) is 7.92. The van der Waals surface area contributed by atoms with Crippen molar-refractivity contribution in [3.8, 4) is 0 Å². The van der Waals surface area contributed by atoms with Crippen LogP contribution in [-0.4, -0.2) is 30.9 Å². The number of unbranched alkanes of at least 4 members (excludes halogenated alkanes) is 1. The van der Waals surface area contributed by atoms with Gasteiger partial charge in [-0.25, -0.2) is 0 Å². The topological polar surface area (TPSA) is 44.5 Å². The Hall–Kier alpha value is -0.190. The lowest BCUT2D eigenvalue weighted by Gasteiger charge is -2.22. The molecular formula is C11H23NO2S. The number of ether oxygens (including phenoxy) is 2. The fourth-order valence-corrected chi connectivity index (χ4v) is 1.17. The summed E-state index contributed by atoms with van der Waals surface area (Å²) < 4.78 is 10.8. The second-order valence-electron chi connectivity index (χ2n) is 4.25. The Morgan fingerprint density at radius 3 is 2.47 bits per heavy atom.